The standard InChI is InChI=1S/C8H9F3N2O/c1-4-6(14-8(9,10)11)3-2-5(12)7(4)13/h2-3H,12-13H2,1H3. The summed E-state index contributed by atoms with van der Waals surface area (Å²) in [6.45, 7) is 1.41. The molecule has 3 nitrogen and oxygen atoms in total. The van der Waals surface area contributed by atoms with E-state index in [0.29, 0.717) is 0 Å². The van der Waals surface area contributed by atoms with Gasteiger partial charge in [0.1, 0.15) is 5.75 Å². The molecule has 0 radical (unpaired) electrons. The molecule has 0 amide bonds. The lowest BCUT2D eigenvalue weighted by molar-refractivity contribution is -0.274. The summed E-state index contributed by atoms with van der Waals surface area (Å²) in [5.74, 6) is -0.329. The van der Waals surface area contributed by atoms with E-state index in [1.54, 1.807) is 0 Å². The van der Waals surface area contributed by atoms with Gasteiger partial charge in [0.2, 0.25) is 0 Å². The van der Waals surface area contributed by atoms with Crippen LogP contribution in [0.4, 0.5) is 24.5 Å². The molecular weight excluding hydrogens is 197 g/mol. The van der Waals surface area contributed by atoms with E-state index in [2.05, 4.69) is 4.74 Å². The molecule has 1 rings (SSSR count). The lowest BCUT2D eigenvalue weighted by Crippen LogP contribution is -2.18. The van der Waals surface area contributed by atoms with Gasteiger partial charge >= 0.3 is 6.36 Å². The number of benzene rings is 1. The van der Waals surface area contributed by atoms with Crippen molar-refractivity contribution >= 4 is 11.4 Å². The molecule has 1 aromatic rings. The second-order valence-electron chi connectivity index (χ2n) is 2.74. The fourth-order valence-electron chi connectivity index (χ4n) is 0.965. The maximum atomic E-state index is 11.9. The zero-order valence-corrected chi connectivity index (χ0v) is 7.35. The van der Waals surface area contributed by atoms with Crippen LogP contribution in [-0.4, -0.2) is 6.36 Å². The maximum absolute atomic E-state index is 11.9. The average molecular weight is 206 g/mol. The third-order valence-electron chi connectivity index (χ3n) is 1.72. The van der Waals surface area contributed by atoms with Gasteiger partial charge in [0.15, 0.2) is 0 Å². The van der Waals surface area contributed by atoms with Gasteiger partial charge in [0.05, 0.1) is 11.4 Å². The maximum Gasteiger partial charge on any atom is 0.573 e. The fourth-order valence-corrected chi connectivity index (χ4v) is 0.965. The summed E-state index contributed by atoms with van der Waals surface area (Å²) in [5, 5.41) is 0. The quantitative estimate of drug-likeness (QED) is 0.691. The lowest BCUT2D eigenvalue weighted by atomic mass is 10.1. The summed E-state index contributed by atoms with van der Waals surface area (Å²) in [5.41, 5.74) is 11.3. The Kier molecular flexibility index (Phi) is 2.46. The van der Waals surface area contributed by atoms with E-state index in [-0.39, 0.29) is 22.7 Å². The van der Waals surface area contributed by atoms with Crippen LogP contribution in [0.25, 0.3) is 0 Å². The van der Waals surface area contributed by atoms with Crippen molar-refractivity contribution in [3.05, 3.63) is 17.7 Å². The third kappa shape index (κ3) is 2.21. The molecule has 14 heavy (non-hydrogen) atoms. The number of hydrogen-bond donors (Lipinski definition) is 2. The molecule has 0 bridgehead atoms. The summed E-state index contributed by atoms with van der Waals surface area (Å²) in [6.07, 6.45) is -4.71. The Balaban J connectivity index is 3.06. The highest BCUT2D eigenvalue weighted by atomic mass is 19.4. The first-order valence-corrected chi connectivity index (χ1v) is 3.71. The average Bonchev–Trinajstić information content (AvgIpc) is 2.04. The van der Waals surface area contributed by atoms with Crippen molar-refractivity contribution in [2.75, 3.05) is 11.5 Å². The van der Waals surface area contributed by atoms with E-state index in [9.17, 15) is 13.2 Å². The van der Waals surface area contributed by atoms with Crippen LogP contribution in [0, 0.1) is 6.92 Å². The van der Waals surface area contributed by atoms with Crippen LogP contribution < -0.4 is 16.2 Å². The minimum atomic E-state index is -4.71. The van der Waals surface area contributed by atoms with Gasteiger partial charge in [-0.15, -0.1) is 13.2 Å². The summed E-state index contributed by atoms with van der Waals surface area (Å²) < 4.78 is 39.3. The molecule has 0 fully saturated rings. The topological polar surface area (TPSA) is 61.3 Å². The molecule has 0 atom stereocenters. The SMILES string of the molecule is Cc1c(OC(F)(F)F)ccc(N)c1N. The highest BCUT2D eigenvalue weighted by Crippen LogP contribution is 2.32. The van der Waals surface area contributed by atoms with Gasteiger partial charge in [-0.1, -0.05) is 0 Å². The molecule has 0 aliphatic rings. The minimum Gasteiger partial charge on any atom is -0.405 e. The van der Waals surface area contributed by atoms with Gasteiger partial charge in [-0.05, 0) is 19.1 Å². The second kappa shape index (κ2) is 3.28. The molecular formula is C8H9F3N2O. The number of nitrogens with two attached hydrogens (primary N) is 2. The zero-order valence-electron chi connectivity index (χ0n) is 7.35. The zero-order chi connectivity index (χ0) is 10.9. The molecule has 6 heteroatoms. The molecule has 1 aromatic carbocycles. The highest BCUT2D eigenvalue weighted by molar-refractivity contribution is 5.70. The fraction of sp³-hybridized carbons (Fsp3) is 0.250. The second-order valence-corrected chi connectivity index (χ2v) is 2.74. The van der Waals surface area contributed by atoms with Crippen LogP contribution >= 0.6 is 0 Å². The van der Waals surface area contributed by atoms with Gasteiger partial charge in [0, 0.05) is 5.56 Å². The van der Waals surface area contributed by atoms with Crippen LogP contribution in [0.15, 0.2) is 12.1 Å². The number of rotatable bonds is 1. The number of alkyl halides is 3. The van der Waals surface area contributed by atoms with Gasteiger partial charge in [0.25, 0.3) is 0 Å². The van der Waals surface area contributed by atoms with Gasteiger partial charge in [-0.3, -0.25) is 0 Å². The van der Waals surface area contributed by atoms with Crippen LogP contribution in [0.2, 0.25) is 0 Å². The summed E-state index contributed by atoms with van der Waals surface area (Å²) >= 11 is 0. The molecule has 0 aromatic heterocycles. The Bertz CT molecular complexity index is 349. The predicted molar refractivity (Wildman–Crippen MR) is 46.7 cm³/mol. The third-order valence-corrected chi connectivity index (χ3v) is 1.72. The molecule has 0 unspecified atom stereocenters. The number of halogens is 3. The van der Waals surface area contributed by atoms with Crippen molar-refractivity contribution in [2.45, 2.75) is 13.3 Å². The Morgan fingerprint density at radius 3 is 2.29 bits per heavy atom. The number of nitrogen functional groups attached to an aromatic ring is 2. The van der Waals surface area contributed by atoms with Crippen molar-refractivity contribution < 1.29 is 17.9 Å². The lowest BCUT2D eigenvalue weighted by Gasteiger charge is -2.13. The van der Waals surface area contributed by atoms with Crippen molar-refractivity contribution in [1.82, 2.24) is 0 Å². The molecule has 4 N–H and O–H groups in total. The van der Waals surface area contributed by atoms with E-state index in [0.717, 1.165) is 6.07 Å². The molecule has 0 spiro atoms. The Hall–Kier alpha value is -1.59. The van der Waals surface area contributed by atoms with Crippen LogP contribution in [0.5, 0.6) is 5.75 Å². The monoisotopic (exact) mass is 206 g/mol. The largest absolute Gasteiger partial charge is 0.573 e. The molecule has 78 valence electrons. The van der Waals surface area contributed by atoms with Crippen molar-refractivity contribution in [2.24, 2.45) is 0 Å². The van der Waals surface area contributed by atoms with Crippen LogP contribution in [-0.2, 0) is 0 Å². The van der Waals surface area contributed by atoms with E-state index in [1.165, 1.54) is 13.0 Å². The molecule has 0 aliphatic carbocycles. The summed E-state index contributed by atoms with van der Waals surface area (Å²) in [7, 11) is 0. The Morgan fingerprint density at radius 2 is 1.79 bits per heavy atom. The summed E-state index contributed by atoms with van der Waals surface area (Å²) in [4.78, 5) is 0. The molecule has 0 saturated heterocycles. The molecule has 0 heterocycles. The van der Waals surface area contributed by atoms with E-state index in [4.69, 9.17) is 11.5 Å². The predicted octanol–water partition coefficient (Wildman–Crippen LogP) is 2.06. The number of ether oxygens (including phenoxy) is 1. The highest BCUT2D eigenvalue weighted by Gasteiger charge is 2.32. The Labute approximate surface area is 78.5 Å². The van der Waals surface area contributed by atoms with Gasteiger partial charge in [-0.25, -0.2) is 0 Å². The molecule has 0 saturated carbocycles. The van der Waals surface area contributed by atoms with Crippen LogP contribution in [0.3, 0.4) is 0 Å². The minimum absolute atomic E-state index is 0.103. The van der Waals surface area contributed by atoms with Crippen molar-refractivity contribution in [3.63, 3.8) is 0 Å². The first-order valence-electron chi connectivity index (χ1n) is 3.71. The van der Waals surface area contributed by atoms with E-state index >= 15 is 0 Å². The van der Waals surface area contributed by atoms with E-state index < -0.39 is 6.36 Å². The van der Waals surface area contributed by atoms with Crippen LogP contribution in [0.1, 0.15) is 5.56 Å². The number of anilines is 2. The van der Waals surface area contributed by atoms with Gasteiger partial charge < -0.3 is 16.2 Å². The van der Waals surface area contributed by atoms with Crippen molar-refractivity contribution in [3.8, 4) is 5.75 Å². The van der Waals surface area contributed by atoms with E-state index in [1.807, 2.05) is 0 Å². The van der Waals surface area contributed by atoms with Gasteiger partial charge in [-0.2, -0.15) is 0 Å². The normalized spacial score (nSPS) is 11.4. The Morgan fingerprint density at radius 1 is 1.21 bits per heavy atom. The first kappa shape index (κ1) is 10.5. The smallest absolute Gasteiger partial charge is 0.405 e. The first-order chi connectivity index (χ1) is 6.31. The van der Waals surface area contributed by atoms with Crippen molar-refractivity contribution in [1.29, 1.82) is 0 Å². The number of hydrogen-bond acceptors (Lipinski definition) is 3. The molecule has 0 aliphatic heterocycles. The summed E-state index contributed by atoms with van der Waals surface area (Å²) in [6, 6.07) is 2.40.